The number of carbonyl (C=O) groups excluding carboxylic acids is 1. The van der Waals surface area contributed by atoms with Gasteiger partial charge in [-0.1, -0.05) is 13.8 Å². The number of amides is 1. The molecule has 2 fully saturated rings. The second-order valence-corrected chi connectivity index (χ2v) is 7.30. The van der Waals surface area contributed by atoms with E-state index in [0.717, 1.165) is 51.2 Å². The molecule has 3 rings (SSSR count). The van der Waals surface area contributed by atoms with Crippen LogP contribution in [0.25, 0.3) is 0 Å². The number of nitrogens with one attached hydrogen (secondary N) is 1. The van der Waals surface area contributed by atoms with Gasteiger partial charge in [-0.05, 0) is 38.1 Å². The second kappa shape index (κ2) is 8.07. The van der Waals surface area contributed by atoms with Gasteiger partial charge in [0.05, 0.1) is 18.7 Å². The molecule has 2 saturated heterocycles. The minimum Gasteiger partial charge on any atom is -0.376 e. The Bertz CT molecular complexity index is 539. The molecule has 134 valence electrons. The zero-order valence-corrected chi connectivity index (χ0v) is 14.8. The summed E-state index contributed by atoms with van der Waals surface area (Å²) in [6.45, 7) is 8.10. The number of aromatic nitrogens is 3. The van der Waals surface area contributed by atoms with Gasteiger partial charge in [-0.25, -0.2) is 0 Å². The van der Waals surface area contributed by atoms with Crippen LogP contribution in [0.4, 0.5) is 0 Å². The molecule has 1 N–H and O–H groups in total. The van der Waals surface area contributed by atoms with Crippen LogP contribution in [0.2, 0.25) is 0 Å². The summed E-state index contributed by atoms with van der Waals surface area (Å²) in [6.07, 6.45) is 6.28. The van der Waals surface area contributed by atoms with Crippen molar-refractivity contribution in [3.05, 3.63) is 12.2 Å². The largest absolute Gasteiger partial charge is 0.376 e. The van der Waals surface area contributed by atoms with E-state index in [4.69, 9.17) is 4.74 Å². The lowest BCUT2D eigenvalue weighted by atomic mass is 10.2. The van der Waals surface area contributed by atoms with Crippen molar-refractivity contribution in [2.45, 2.75) is 58.2 Å². The first-order valence-electron chi connectivity index (χ1n) is 9.13. The van der Waals surface area contributed by atoms with Crippen molar-refractivity contribution in [1.82, 2.24) is 25.0 Å². The van der Waals surface area contributed by atoms with Gasteiger partial charge < -0.3 is 14.6 Å². The lowest BCUT2D eigenvalue weighted by Crippen LogP contribution is -2.40. The van der Waals surface area contributed by atoms with Gasteiger partial charge in [-0.3, -0.25) is 9.69 Å². The van der Waals surface area contributed by atoms with Crippen LogP contribution in [-0.2, 0) is 16.1 Å². The Morgan fingerprint density at radius 1 is 1.42 bits per heavy atom. The number of ether oxygens (including phenoxy) is 1. The van der Waals surface area contributed by atoms with Gasteiger partial charge in [-0.2, -0.15) is 0 Å². The van der Waals surface area contributed by atoms with E-state index in [1.54, 1.807) is 0 Å². The highest BCUT2D eigenvalue weighted by Gasteiger charge is 2.31. The fraction of sp³-hybridized carbons (Fsp3) is 0.824. The number of likely N-dealkylation sites (tertiary alicyclic amines) is 1. The molecule has 0 bridgehead atoms. The van der Waals surface area contributed by atoms with Gasteiger partial charge in [-0.15, -0.1) is 10.2 Å². The van der Waals surface area contributed by atoms with Crippen LogP contribution >= 0.6 is 0 Å². The molecular weight excluding hydrogens is 306 g/mol. The summed E-state index contributed by atoms with van der Waals surface area (Å²) < 4.78 is 7.69. The molecule has 2 aliphatic heterocycles. The normalized spacial score (nSPS) is 24.8. The third-order valence-corrected chi connectivity index (χ3v) is 4.77. The molecule has 0 saturated carbocycles. The molecule has 24 heavy (non-hydrogen) atoms. The second-order valence-electron chi connectivity index (χ2n) is 7.30. The molecular formula is C17H29N5O2. The van der Waals surface area contributed by atoms with Gasteiger partial charge in [0.1, 0.15) is 12.2 Å². The summed E-state index contributed by atoms with van der Waals surface area (Å²) in [4.78, 5) is 14.5. The van der Waals surface area contributed by atoms with E-state index in [9.17, 15) is 4.79 Å². The van der Waals surface area contributed by atoms with E-state index in [0.29, 0.717) is 19.0 Å². The molecule has 7 heteroatoms. The number of carbonyl (C=O) groups is 1. The summed E-state index contributed by atoms with van der Waals surface area (Å²) in [5.74, 6) is 1.62. The molecule has 0 unspecified atom stereocenters. The smallest absolute Gasteiger partial charge is 0.234 e. The molecule has 0 spiro atoms. The lowest BCUT2D eigenvalue weighted by Gasteiger charge is -2.24. The van der Waals surface area contributed by atoms with E-state index in [1.807, 2.05) is 6.33 Å². The van der Waals surface area contributed by atoms with Crippen molar-refractivity contribution < 1.29 is 9.53 Å². The van der Waals surface area contributed by atoms with Crippen molar-refractivity contribution in [1.29, 1.82) is 0 Å². The highest BCUT2D eigenvalue weighted by atomic mass is 16.5. The molecule has 0 aliphatic carbocycles. The third kappa shape index (κ3) is 4.33. The van der Waals surface area contributed by atoms with Crippen LogP contribution in [0, 0.1) is 5.92 Å². The quantitative estimate of drug-likeness (QED) is 0.815. The summed E-state index contributed by atoms with van der Waals surface area (Å²) >= 11 is 0. The number of rotatable bonds is 7. The molecule has 2 atom stereocenters. The highest BCUT2D eigenvalue weighted by molar-refractivity contribution is 5.78. The fourth-order valence-electron chi connectivity index (χ4n) is 3.64. The van der Waals surface area contributed by atoms with E-state index >= 15 is 0 Å². The standard InChI is InChI=1S/C17H29N5O2/c1-13(2)10-22-12-19-20-17(22)15-6-3-7-21(15)11-16(23)18-9-14-5-4-8-24-14/h12-15H,3-11H2,1-2H3,(H,18,23)/t14-,15+/m1/s1. The van der Waals surface area contributed by atoms with Crippen LogP contribution in [0.15, 0.2) is 6.33 Å². The fourth-order valence-corrected chi connectivity index (χ4v) is 3.64. The van der Waals surface area contributed by atoms with E-state index < -0.39 is 0 Å². The number of hydrogen-bond acceptors (Lipinski definition) is 5. The lowest BCUT2D eigenvalue weighted by molar-refractivity contribution is -0.123. The van der Waals surface area contributed by atoms with Crippen molar-refractivity contribution in [3.63, 3.8) is 0 Å². The van der Waals surface area contributed by atoms with Crippen LogP contribution in [0.3, 0.4) is 0 Å². The molecule has 7 nitrogen and oxygen atoms in total. The molecule has 1 aromatic heterocycles. The first-order valence-corrected chi connectivity index (χ1v) is 9.13. The van der Waals surface area contributed by atoms with Crippen molar-refractivity contribution in [3.8, 4) is 0 Å². The first-order chi connectivity index (χ1) is 11.6. The maximum atomic E-state index is 12.3. The zero-order valence-electron chi connectivity index (χ0n) is 14.8. The molecule has 0 radical (unpaired) electrons. The molecule has 0 aromatic carbocycles. The van der Waals surface area contributed by atoms with Crippen LogP contribution < -0.4 is 5.32 Å². The summed E-state index contributed by atoms with van der Waals surface area (Å²) in [7, 11) is 0. The number of hydrogen-bond donors (Lipinski definition) is 1. The maximum absolute atomic E-state index is 12.3. The van der Waals surface area contributed by atoms with Gasteiger partial charge in [0.2, 0.25) is 5.91 Å². The van der Waals surface area contributed by atoms with Crippen molar-refractivity contribution in [2.24, 2.45) is 5.92 Å². The average molecular weight is 335 g/mol. The Morgan fingerprint density at radius 3 is 3.04 bits per heavy atom. The Kier molecular flexibility index (Phi) is 5.84. The van der Waals surface area contributed by atoms with Gasteiger partial charge in [0.15, 0.2) is 0 Å². The Labute approximate surface area is 143 Å². The summed E-state index contributed by atoms with van der Waals surface area (Å²) in [6, 6.07) is 0.194. The monoisotopic (exact) mass is 335 g/mol. The minimum absolute atomic E-state index is 0.0762. The van der Waals surface area contributed by atoms with Gasteiger partial charge in [0, 0.05) is 19.7 Å². The van der Waals surface area contributed by atoms with E-state index in [-0.39, 0.29) is 18.1 Å². The van der Waals surface area contributed by atoms with Crippen LogP contribution in [-0.4, -0.2) is 57.9 Å². The van der Waals surface area contributed by atoms with Gasteiger partial charge >= 0.3 is 0 Å². The number of nitrogens with zero attached hydrogens (tertiary/aromatic N) is 4. The predicted molar refractivity (Wildman–Crippen MR) is 90.4 cm³/mol. The van der Waals surface area contributed by atoms with E-state index in [1.165, 1.54) is 0 Å². The summed E-state index contributed by atoms with van der Waals surface area (Å²) in [5.41, 5.74) is 0. The van der Waals surface area contributed by atoms with Crippen LogP contribution in [0.1, 0.15) is 51.4 Å². The molecule has 1 amide bonds. The van der Waals surface area contributed by atoms with Crippen LogP contribution in [0.5, 0.6) is 0 Å². The van der Waals surface area contributed by atoms with E-state index in [2.05, 4.69) is 38.8 Å². The first kappa shape index (κ1) is 17.4. The topological polar surface area (TPSA) is 72.3 Å². The van der Waals surface area contributed by atoms with Gasteiger partial charge in [0.25, 0.3) is 0 Å². The predicted octanol–water partition coefficient (Wildman–Crippen LogP) is 1.37. The molecule has 3 heterocycles. The summed E-state index contributed by atoms with van der Waals surface area (Å²) in [5, 5.41) is 11.4. The minimum atomic E-state index is 0.0762. The van der Waals surface area contributed by atoms with Crippen molar-refractivity contribution >= 4 is 5.91 Å². The maximum Gasteiger partial charge on any atom is 0.234 e. The Hall–Kier alpha value is -1.47. The SMILES string of the molecule is CC(C)Cn1cnnc1[C@@H]1CCCN1CC(=O)NC[C@H]1CCCO1. The van der Waals surface area contributed by atoms with Crippen molar-refractivity contribution in [2.75, 3.05) is 26.2 Å². The highest BCUT2D eigenvalue weighted by Crippen LogP contribution is 2.30. The zero-order chi connectivity index (χ0) is 16.9. The molecule has 1 aromatic rings. The Balaban J connectivity index is 1.55. The molecule has 2 aliphatic rings. The third-order valence-electron chi connectivity index (χ3n) is 4.77. The Morgan fingerprint density at radius 2 is 2.29 bits per heavy atom. The average Bonchev–Trinajstić information content (AvgIpc) is 3.25.